The summed E-state index contributed by atoms with van der Waals surface area (Å²) in [7, 11) is 0.733. The minimum atomic E-state index is -3.28. The number of hydrogen-bond acceptors (Lipinski definition) is 5. The molecule has 7 heteroatoms. The molecule has 6 nitrogen and oxygen atoms in total. The molecule has 1 fully saturated rings. The third-order valence-corrected chi connectivity index (χ3v) is 6.19. The van der Waals surface area contributed by atoms with E-state index in [0.29, 0.717) is 19.8 Å². The number of sulfonamides is 1. The van der Waals surface area contributed by atoms with Gasteiger partial charge in [-0.25, -0.2) is 13.1 Å². The van der Waals surface area contributed by atoms with Gasteiger partial charge in [-0.15, -0.1) is 0 Å². The van der Waals surface area contributed by atoms with Gasteiger partial charge in [-0.2, -0.15) is 0 Å². The molecule has 1 heterocycles. The molecular formula is C17H29N3O3S. The van der Waals surface area contributed by atoms with Crippen molar-refractivity contribution in [2.24, 2.45) is 0 Å². The maximum absolute atomic E-state index is 12.1. The van der Waals surface area contributed by atoms with Crippen LogP contribution in [0.15, 0.2) is 24.3 Å². The lowest BCUT2D eigenvalue weighted by Gasteiger charge is -2.35. The number of benzene rings is 1. The van der Waals surface area contributed by atoms with E-state index in [1.807, 2.05) is 14.1 Å². The van der Waals surface area contributed by atoms with Gasteiger partial charge < -0.3 is 9.64 Å². The lowest BCUT2D eigenvalue weighted by Crippen LogP contribution is -2.44. The largest absolute Gasteiger partial charge is 0.379 e. The third-order valence-electron chi connectivity index (χ3n) is 4.38. The van der Waals surface area contributed by atoms with Gasteiger partial charge in [0.05, 0.1) is 18.5 Å². The van der Waals surface area contributed by atoms with E-state index < -0.39 is 15.3 Å². The van der Waals surface area contributed by atoms with E-state index in [1.54, 1.807) is 13.8 Å². The monoisotopic (exact) mass is 355 g/mol. The van der Waals surface area contributed by atoms with Crippen molar-refractivity contribution in [1.82, 2.24) is 9.62 Å². The number of anilines is 1. The first kappa shape index (κ1) is 19.2. The summed E-state index contributed by atoms with van der Waals surface area (Å²) in [4.78, 5) is 4.34. The Labute approximate surface area is 145 Å². The van der Waals surface area contributed by atoms with Gasteiger partial charge in [0.2, 0.25) is 10.0 Å². The molecule has 2 rings (SSSR count). The van der Waals surface area contributed by atoms with Crippen molar-refractivity contribution >= 4 is 15.7 Å². The highest BCUT2D eigenvalue weighted by Crippen LogP contribution is 2.24. The van der Waals surface area contributed by atoms with Crippen molar-refractivity contribution in [3.8, 4) is 0 Å². The van der Waals surface area contributed by atoms with Gasteiger partial charge in [0, 0.05) is 45.5 Å². The molecule has 136 valence electrons. The summed E-state index contributed by atoms with van der Waals surface area (Å²) in [6.07, 6.45) is 0. The molecule has 1 aromatic rings. The van der Waals surface area contributed by atoms with E-state index >= 15 is 0 Å². The second-order valence-electron chi connectivity index (χ2n) is 6.59. The first-order valence-corrected chi connectivity index (χ1v) is 9.93. The zero-order valence-corrected chi connectivity index (χ0v) is 15.8. The lowest BCUT2D eigenvalue weighted by molar-refractivity contribution is 0.0172. The molecule has 1 atom stereocenters. The fraction of sp³-hybridized carbons (Fsp3) is 0.647. The summed E-state index contributed by atoms with van der Waals surface area (Å²) in [6, 6.07) is 8.32. The highest BCUT2D eigenvalue weighted by molar-refractivity contribution is 7.90. The topological polar surface area (TPSA) is 61.9 Å². The maximum atomic E-state index is 12.1. The van der Waals surface area contributed by atoms with Gasteiger partial charge in [-0.1, -0.05) is 12.1 Å². The molecule has 1 unspecified atom stereocenters. The van der Waals surface area contributed by atoms with Gasteiger partial charge in [-0.3, -0.25) is 4.90 Å². The Kier molecular flexibility index (Phi) is 6.62. The highest BCUT2D eigenvalue weighted by atomic mass is 32.2. The summed E-state index contributed by atoms with van der Waals surface area (Å²) >= 11 is 0. The van der Waals surface area contributed by atoms with Gasteiger partial charge in [0.15, 0.2) is 0 Å². The van der Waals surface area contributed by atoms with Crippen LogP contribution >= 0.6 is 0 Å². The van der Waals surface area contributed by atoms with Crippen LogP contribution in [0.3, 0.4) is 0 Å². The molecule has 1 N–H and O–H groups in total. The van der Waals surface area contributed by atoms with Crippen LogP contribution in [-0.4, -0.2) is 65.5 Å². The van der Waals surface area contributed by atoms with Crippen molar-refractivity contribution in [3.63, 3.8) is 0 Å². The quantitative estimate of drug-likeness (QED) is 0.802. The van der Waals surface area contributed by atoms with Crippen LogP contribution < -0.4 is 9.62 Å². The maximum Gasteiger partial charge on any atom is 0.213 e. The molecule has 0 amide bonds. The first-order valence-electron chi connectivity index (χ1n) is 8.39. The van der Waals surface area contributed by atoms with Crippen LogP contribution in [0, 0.1) is 0 Å². The fourth-order valence-corrected chi connectivity index (χ4v) is 3.43. The van der Waals surface area contributed by atoms with Crippen molar-refractivity contribution in [1.29, 1.82) is 0 Å². The van der Waals surface area contributed by atoms with Crippen LogP contribution in [0.25, 0.3) is 0 Å². The molecule has 1 aliphatic rings. The molecule has 1 aromatic carbocycles. The average Bonchev–Trinajstić information content (AvgIpc) is 2.56. The number of hydrogen-bond donors (Lipinski definition) is 1. The fourth-order valence-electron chi connectivity index (χ4n) is 2.70. The summed E-state index contributed by atoms with van der Waals surface area (Å²) in [5.41, 5.74) is 2.25. The highest BCUT2D eigenvalue weighted by Gasteiger charge is 2.25. The molecule has 1 aliphatic heterocycles. The normalized spacial score (nSPS) is 17.9. The predicted molar refractivity (Wildman–Crippen MR) is 98.0 cm³/mol. The van der Waals surface area contributed by atoms with Crippen LogP contribution in [0.5, 0.6) is 0 Å². The lowest BCUT2D eigenvalue weighted by atomic mass is 10.0. The van der Waals surface area contributed by atoms with Gasteiger partial charge in [0.25, 0.3) is 0 Å². The van der Waals surface area contributed by atoms with E-state index in [2.05, 4.69) is 38.8 Å². The van der Waals surface area contributed by atoms with Crippen LogP contribution in [0.2, 0.25) is 0 Å². The predicted octanol–water partition coefficient (Wildman–Crippen LogP) is 1.45. The molecular weight excluding hydrogens is 326 g/mol. The van der Waals surface area contributed by atoms with Gasteiger partial charge in [0.1, 0.15) is 0 Å². The van der Waals surface area contributed by atoms with Crippen molar-refractivity contribution < 1.29 is 13.2 Å². The van der Waals surface area contributed by atoms with Gasteiger partial charge >= 0.3 is 0 Å². The van der Waals surface area contributed by atoms with E-state index in [-0.39, 0.29) is 6.04 Å². The van der Waals surface area contributed by atoms with Crippen molar-refractivity contribution in [2.45, 2.75) is 25.1 Å². The second-order valence-corrected chi connectivity index (χ2v) is 8.91. The molecule has 1 saturated heterocycles. The molecule has 0 aromatic heterocycles. The number of nitrogens with zero attached hydrogens (tertiary/aromatic N) is 2. The smallest absolute Gasteiger partial charge is 0.213 e. The molecule has 24 heavy (non-hydrogen) atoms. The van der Waals surface area contributed by atoms with E-state index in [9.17, 15) is 8.42 Å². The second kappa shape index (κ2) is 8.29. The summed E-state index contributed by atoms with van der Waals surface area (Å²) in [5.74, 6) is 0. The Morgan fingerprint density at radius 2 is 1.75 bits per heavy atom. The first-order chi connectivity index (χ1) is 11.3. The molecule has 0 radical (unpaired) electrons. The van der Waals surface area contributed by atoms with E-state index in [1.165, 1.54) is 0 Å². The summed E-state index contributed by atoms with van der Waals surface area (Å²) in [5, 5.41) is -0.432. The Morgan fingerprint density at radius 1 is 1.17 bits per heavy atom. The van der Waals surface area contributed by atoms with E-state index in [0.717, 1.165) is 24.3 Å². The summed E-state index contributed by atoms with van der Waals surface area (Å²) in [6.45, 7) is 6.75. The molecule has 0 spiro atoms. The van der Waals surface area contributed by atoms with Crippen LogP contribution in [-0.2, 0) is 14.8 Å². The van der Waals surface area contributed by atoms with E-state index in [4.69, 9.17) is 4.74 Å². The number of ether oxygens (including phenoxy) is 1. The molecule has 0 bridgehead atoms. The standard InChI is InChI=1S/C17H29N3O3S/c1-14(2)24(21,22)18-13-17(20-9-11-23-12-10-20)15-5-7-16(8-6-15)19(3)4/h5-8,14,17-18H,9-13H2,1-4H3. The zero-order chi connectivity index (χ0) is 17.7. The molecule has 0 aliphatic carbocycles. The zero-order valence-electron chi connectivity index (χ0n) is 15.0. The van der Waals surface area contributed by atoms with Crippen molar-refractivity contribution in [2.75, 3.05) is 51.8 Å². The average molecular weight is 356 g/mol. The van der Waals surface area contributed by atoms with Crippen LogP contribution in [0.4, 0.5) is 5.69 Å². The third kappa shape index (κ3) is 4.92. The van der Waals surface area contributed by atoms with Gasteiger partial charge in [-0.05, 0) is 31.5 Å². The minimum absolute atomic E-state index is 0.0126. The molecule has 0 saturated carbocycles. The Bertz CT molecular complexity index is 608. The number of nitrogens with one attached hydrogen (secondary N) is 1. The number of rotatable bonds is 7. The Balaban J connectivity index is 2.18. The summed E-state index contributed by atoms with van der Waals surface area (Å²) < 4.78 is 32.5. The minimum Gasteiger partial charge on any atom is -0.379 e. The SMILES string of the molecule is CC(C)S(=O)(=O)NCC(c1ccc(N(C)C)cc1)N1CCOCC1. The Hall–Kier alpha value is -1.15. The van der Waals surface area contributed by atoms with Crippen molar-refractivity contribution in [3.05, 3.63) is 29.8 Å². The Morgan fingerprint density at radius 3 is 2.25 bits per heavy atom. The van der Waals surface area contributed by atoms with Crippen LogP contribution in [0.1, 0.15) is 25.5 Å². The number of morpholine rings is 1.